The lowest BCUT2D eigenvalue weighted by molar-refractivity contribution is 1.04. The second-order valence-electron chi connectivity index (χ2n) is 3.86. The van der Waals surface area contributed by atoms with E-state index in [4.69, 9.17) is 10.5 Å². The largest absolute Gasteiger partial charge is 0.381 e. The van der Waals surface area contributed by atoms with Crippen LogP contribution in [0.3, 0.4) is 0 Å². The van der Waals surface area contributed by atoms with Gasteiger partial charge in [0.2, 0.25) is 0 Å². The minimum atomic E-state index is 0.381. The molecule has 2 aromatic rings. The third kappa shape index (κ3) is 2.31. The van der Waals surface area contributed by atoms with E-state index in [1.54, 1.807) is 24.4 Å². The van der Waals surface area contributed by atoms with Crippen molar-refractivity contribution in [3.8, 4) is 12.1 Å². The van der Waals surface area contributed by atoms with Crippen LogP contribution in [0, 0.1) is 29.6 Å². The van der Waals surface area contributed by atoms with Crippen molar-refractivity contribution in [3.05, 3.63) is 46.8 Å². The number of aryl methyl sites for hydroxylation is 1. The monoisotopic (exact) mass is 237 g/mol. The summed E-state index contributed by atoms with van der Waals surface area (Å²) < 4.78 is 0. The average Bonchev–Trinajstić information content (AvgIpc) is 2.81. The van der Waals surface area contributed by atoms with Crippen LogP contribution in [0.2, 0.25) is 0 Å². The number of hydrogen-bond acceptors (Lipinski definition) is 4. The zero-order valence-electron chi connectivity index (χ0n) is 9.86. The van der Waals surface area contributed by atoms with Crippen LogP contribution in [0.15, 0.2) is 24.4 Å². The van der Waals surface area contributed by atoms with Crippen molar-refractivity contribution in [2.24, 2.45) is 0 Å². The first-order chi connectivity index (χ1) is 8.74. The van der Waals surface area contributed by atoms with Crippen molar-refractivity contribution in [1.82, 2.24) is 10.2 Å². The standard InChI is InChI=1S/C13H11N5/c1-9-12(8-17-18-9)7-16-13-3-2-10(5-14)11(4-13)6-15/h2-4,8,16H,7H2,1H3,(H,17,18). The van der Waals surface area contributed by atoms with Gasteiger partial charge >= 0.3 is 0 Å². The lowest BCUT2D eigenvalue weighted by Gasteiger charge is -2.06. The van der Waals surface area contributed by atoms with Gasteiger partial charge in [-0.25, -0.2) is 0 Å². The molecule has 0 saturated carbocycles. The van der Waals surface area contributed by atoms with Crippen LogP contribution >= 0.6 is 0 Å². The van der Waals surface area contributed by atoms with E-state index in [9.17, 15) is 0 Å². The van der Waals surface area contributed by atoms with Gasteiger partial charge in [0.15, 0.2) is 0 Å². The van der Waals surface area contributed by atoms with Crippen LogP contribution in [-0.4, -0.2) is 10.2 Å². The Labute approximate surface area is 105 Å². The SMILES string of the molecule is Cc1[nH]ncc1CNc1ccc(C#N)c(C#N)c1. The first kappa shape index (κ1) is 11.7. The van der Waals surface area contributed by atoms with Crippen molar-refractivity contribution in [1.29, 1.82) is 10.5 Å². The molecule has 2 N–H and O–H groups in total. The molecule has 0 saturated heterocycles. The van der Waals surface area contributed by atoms with E-state index < -0.39 is 0 Å². The molecule has 18 heavy (non-hydrogen) atoms. The van der Waals surface area contributed by atoms with Gasteiger partial charge in [-0.2, -0.15) is 15.6 Å². The van der Waals surface area contributed by atoms with E-state index in [1.807, 2.05) is 19.1 Å². The van der Waals surface area contributed by atoms with Crippen molar-refractivity contribution in [3.63, 3.8) is 0 Å². The van der Waals surface area contributed by atoms with Crippen LogP contribution < -0.4 is 5.32 Å². The molecule has 1 aromatic carbocycles. The summed E-state index contributed by atoms with van der Waals surface area (Å²) in [5, 5.41) is 27.7. The summed E-state index contributed by atoms with van der Waals surface area (Å²) >= 11 is 0. The fraction of sp³-hybridized carbons (Fsp3) is 0.154. The molecule has 0 aliphatic carbocycles. The minimum absolute atomic E-state index is 0.381. The molecule has 0 radical (unpaired) electrons. The molecule has 88 valence electrons. The van der Waals surface area contributed by atoms with Gasteiger partial charge in [0.1, 0.15) is 12.1 Å². The van der Waals surface area contributed by atoms with Crippen molar-refractivity contribution in [2.75, 3.05) is 5.32 Å². The maximum absolute atomic E-state index is 8.93. The van der Waals surface area contributed by atoms with Crippen LogP contribution in [0.1, 0.15) is 22.4 Å². The third-order valence-corrected chi connectivity index (χ3v) is 2.68. The van der Waals surface area contributed by atoms with Gasteiger partial charge in [-0.15, -0.1) is 0 Å². The predicted octanol–water partition coefficient (Wildman–Crippen LogP) is 2.07. The zero-order chi connectivity index (χ0) is 13.0. The van der Waals surface area contributed by atoms with Gasteiger partial charge in [0.05, 0.1) is 17.3 Å². The summed E-state index contributed by atoms with van der Waals surface area (Å²) in [6.07, 6.45) is 1.76. The van der Waals surface area contributed by atoms with Gasteiger partial charge in [-0.05, 0) is 25.1 Å². The van der Waals surface area contributed by atoms with Crippen molar-refractivity contribution in [2.45, 2.75) is 13.5 Å². The molecule has 0 unspecified atom stereocenters. The highest BCUT2D eigenvalue weighted by Gasteiger charge is 2.04. The lowest BCUT2D eigenvalue weighted by atomic mass is 10.1. The number of benzene rings is 1. The molecule has 1 heterocycles. The molecule has 5 nitrogen and oxygen atoms in total. The zero-order valence-corrected chi connectivity index (χ0v) is 9.86. The molecule has 2 rings (SSSR count). The molecule has 0 atom stereocenters. The van der Waals surface area contributed by atoms with Crippen LogP contribution in [-0.2, 0) is 6.54 Å². The number of nitrogens with one attached hydrogen (secondary N) is 2. The summed E-state index contributed by atoms with van der Waals surface area (Å²) in [4.78, 5) is 0. The molecule has 5 heteroatoms. The number of aromatic amines is 1. The van der Waals surface area contributed by atoms with Gasteiger partial charge in [0, 0.05) is 23.5 Å². The second kappa shape index (κ2) is 5.03. The Morgan fingerprint density at radius 3 is 2.67 bits per heavy atom. The van der Waals surface area contributed by atoms with Crippen LogP contribution in [0.25, 0.3) is 0 Å². The molecule has 0 aliphatic rings. The number of anilines is 1. The number of hydrogen-bond donors (Lipinski definition) is 2. The first-order valence-electron chi connectivity index (χ1n) is 5.41. The van der Waals surface area contributed by atoms with Crippen molar-refractivity contribution >= 4 is 5.69 Å². The van der Waals surface area contributed by atoms with Gasteiger partial charge < -0.3 is 5.32 Å². The maximum atomic E-state index is 8.93. The molecular formula is C13H11N5. The minimum Gasteiger partial charge on any atom is -0.381 e. The van der Waals surface area contributed by atoms with Crippen LogP contribution in [0.4, 0.5) is 5.69 Å². The molecule has 0 fully saturated rings. The summed E-state index contributed by atoms with van der Waals surface area (Å²) in [7, 11) is 0. The topological polar surface area (TPSA) is 88.3 Å². The fourth-order valence-electron chi connectivity index (χ4n) is 1.60. The quantitative estimate of drug-likeness (QED) is 0.855. The van der Waals surface area contributed by atoms with Gasteiger partial charge in [-0.1, -0.05) is 0 Å². The van der Waals surface area contributed by atoms with E-state index in [0.29, 0.717) is 17.7 Å². The molecule has 1 aromatic heterocycles. The highest BCUT2D eigenvalue weighted by Crippen LogP contribution is 2.16. The average molecular weight is 237 g/mol. The smallest absolute Gasteiger partial charge is 0.101 e. The molecule has 0 bridgehead atoms. The Hall–Kier alpha value is -2.79. The first-order valence-corrected chi connectivity index (χ1v) is 5.41. The number of nitriles is 2. The highest BCUT2D eigenvalue weighted by atomic mass is 15.1. The van der Waals surface area contributed by atoms with E-state index >= 15 is 0 Å². The summed E-state index contributed by atoms with van der Waals surface area (Å²) in [6, 6.07) is 9.10. The summed E-state index contributed by atoms with van der Waals surface area (Å²) in [5.74, 6) is 0. The number of nitrogens with zero attached hydrogens (tertiary/aromatic N) is 3. The van der Waals surface area contributed by atoms with Crippen molar-refractivity contribution < 1.29 is 0 Å². The maximum Gasteiger partial charge on any atom is 0.101 e. The molecule has 0 spiro atoms. The summed E-state index contributed by atoms with van der Waals surface area (Å²) in [6.45, 7) is 2.57. The second-order valence-corrected chi connectivity index (χ2v) is 3.86. The number of rotatable bonds is 3. The van der Waals surface area contributed by atoms with E-state index in [-0.39, 0.29) is 0 Å². The highest BCUT2D eigenvalue weighted by molar-refractivity contribution is 5.56. The van der Waals surface area contributed by atoms with E-state index in [1.165, 1.54) is 0 Å². The number of H-pyrrole nitrogens is 1. The normalized spacial score (nSPS) is 9.50. The fourth-order valence-corrected chi connectivity index (χ4v) is 1.60. The molecule has 0 amide bonds. The van der Waals surface area contributed by atoms with Crippen LogP contribution in [0.5, 0.6) is 0 Å². The number of aromatic nitrogens is 2. The predicted molar refractivity (Wildman–Crippen MR) is 66.5 cm³/mol. The molecular weight excluding hydrogens is 226 g/mol. The van der Waals surface area contributed by atoms with Gasteiger partial charge in [-0.3, -0.25) is 5.10 Å². The van der Waals surface area contributed by atoms with E-state index in [0.717, 1.165) is 16.9 Å². The van der Waals surface area contributed by atoms with E-state index in [2.05, 4.69) is 15.5 Å². The Bertz CT molecular complexity index is 642. The lowest BCUT2D eigenvalue weighted by Crippen LogP contribution is -2.00. The summed E-state index contributed by atoms with van der Waals surface area (Å²) in [5.41, 5.74) is 3.66. The van der Waals surface area contributed by atoms with Gasteiger partial charge in [0.25, 0.3) is 0 Å². The molecule has 0 aliphatic heterocycles. The Balaban J connectivity index is 2.14. The Morgan fingerprint density at radius 2 is 2.06 bits per heavy atom. The third-order valence-electron chi connectivity index (χ3n) is 2.68. The Kier molecular flexibility index (Phi) is 3.26. The Morgan fingerprint density at radius 1 is 1.28 bits per heavy atom.